The summed E-state index contributed by atoms with van der Waals surface area (Å²) in [6, 6.07) is 6.21. The van der Waals surface area contributed by atoms with Crippen LogP contribution in [0, 0.1) is 0 Å². The van der Waals surface area contributed by atoms with Gasteiger partial charge in [0.2, 0.25) is 5.91 Å². The molecule has 0 radical (unpaired) electrons. The highest BCUT2D eigenvalue weighted by molar-refractivity contribution is 6.02. The van der Waals surface area contributed by atoms with Gasteiger partial charge in [0.05, 0.1) is 12.1 Å². The Kier molecular flexibility index (Phi) is 2.10. The molecule has 80 valence electrons. The zero-order valence-electron chi connectivity index (χ0n) is 9.79. The highest BCUT2D eigenvalue weighted by atomic mass is 16.2. The van der Waals surface area contributed by atoms with Crippen LogP contribution in [0.4, 0.5) is 5.69 Å². The summed E-state index contributed by atoms with van der Waals surface area (Å²) >= 11 is 0. The third-order valence-corrected chi connectivity index (χ3v) is 2.98. The number of benzene rings is 1. The molecule has 1 aromatic carbocycles. The van der Waals surface area contributed by atoms with Crippen LogP contribution >= 0.6 is 0 Å². The van der Waals surface area contributed by atoms with Crippen LogP contribution < -0.4 is 4.90 Å². The van der Waals surface area contributed by atoms with E-state index in [-0.39, 0.29) is 11.3 Å². The van der Waals surface area contributed by atoms with E-state index < -0.39 is 0 Å². The maximum atomic E-state index is 11.6. The first-order valence-corrected chi connectivity index (χ1v) is 5.30. The van der Waals surface area contributed by atoms with Gasteiger partial charge in [-0.3, -0.25) is 4.79 Å². The van der Waals surface area contributed by atoms with Crippen molar-refractivity contribution in [3.8, 4) is 0 Å². The van der Waals surface area contributed by atoms with Crippen molar-refractivity contribution in [3.63, 3.8) is 0 Å². The molecule has 2 nitrogen and oxygen atoms in total. The van der Waals surface area contributed by atoms with E-state index in [0.29, 0.717) is 6.42 Å². The maximum absolute atomic E-state index is 11.6. The summed E-state index contributed by atoms with van der Waals surface area (Å²) in [5, 5.41) is 0. The molecular formula is C13H17NO. The normalized spacial score (nSPS) is 15.7. The second-order valence-corrected chi connectivity index (χ2v) is 5.19. The van der Waals surface area contributed by atoms with E-state index in [4.69, 9.17) is 0 Å². The van der Waals surface area contributed by atoms with E-state index in [9.17, 15) is 4.79 Å². The first-order chi connectivity index (χ1) is 6.91. The third-order valence-electron chi connectivity index (χ3n) is 2.98. The first kappa shape index (κ1) is 10.2. The minimum atomic E-state index is 0.0875. The number of hydrogen-bond acceptors (Lipinski definition) is 1. The average molecular weight is 203 g/mol. The van der Waals surface area contributed by atoms with Gasteiger partial charge in [-0.25, -0.2) is 0 Å². The van der Waals surface area contributed by atoms with Crippen molar-refractivity contribution in [2.45, 2.75) is 32.6 Å². The van der Waals surface area contributed by atoms with Gasteiger partial charge in [-0.2, -0.15) is 0 Å². The molecule has 1 aliphatic heterocycles. The SMILES string of the molecule is CN1C(=O)Cc2cccc(C(C)(C)C)c21. The number of hydrogen-bond donors (Lipinski definition) is 0. The van der Waals surface area contributed by atoms with Crippen LogP contribution in [-0.2, 0) is 16.6 Å². The second kappa shape index (κ2) is 3.09. The molecule has 0 N–H and O–H groups in total. The lowest BCUT2D eigenvalue weighted by molar-refractivity contribution is -0.117. The summed E-state index contributed by atoms with van der Waals surface area (Å²) in [4.78, 5) is 13.4. The molecule has 0 spiro atoms. The molecule has 0 atom stereocenters. The fourth-order valence-electron chi connectivity index (χ4n) is 2.14. The summed E-state index contributed by atoms with van der Waals surface area (Å²) < 4.78 is 0. The molecule has 1 heterocycles. The second-order valence-electron chi connectivity index (χ2n) is 5.19. The van der Waals surface area contributed by atoms with Gasteiger partial charge < -0.3 is 4.90 Å². The topological polar surface area (TPSA) is 20.3 Å². The number of nitrogens with zero attached hydrogens (tertiary/aromatic N) is 1. The van der Waals surface area contributed by atoms with Gasteiger partial charge in [-0.1, -0.05) is 39.0 Å². The number of para-hydroxylation sites is 1. The summed E-state index contributed by atoms with van der Waals surface area (Å²) in [6.45, 7) is 6.54. The Morgan fingerprint density at radius 1 is 1.27 bits per heavy atom. The highest BCUT2D eigenvalue weighted by Gasteiger charge is 2.30. The Hall–Kier alpha value is -1.31. The lowest BCUT2D eigenvalue weighted by Crippen LogP contribution is -2.24. The Morgan fingerprint density at radius 2 is 1.93 bits per heavy atom. The molecule has 0 aromatic heterocycles. The largest absolute Gasteiger partial charge is 0.315 e. The molecule has 0 saturated carbocycles. The summed E-state index contributed by atoms with van der Waals surface area (Å²) in [5.41, 5.74) is 3.63. The lowest BCUT2D eigenvalue weighted by Gasteiger charge is -2.25. The number of rotatable bonds is 0. The van der Waals surface area contributed by atoms with Crippen LogP contribution in [-0.4, -0.2) is 13.0 Å². The predicted octanol–water partition coefficient (Wildman–Crippen LogP) is 2.50. The third kappa shape index (κ3) is 1.54. The number of amides is 1. The molecule has 0 fully saturated rings. The molecule has 2 heteroatoms. The van der Waals surface area contributed by atoms with Gasteiger partial charge in [0, 0.05) is 7.05 Å². The van der Waals surface area contributed by atoms with E-state index >= 15 is 0 Å². The van der Waals surface area contributed by atoms with Gasteiger partial charge in [0.25, 0.3) is 0 Å². The fourth-order valence-corrected chi connectivity index (χ4v) is 2.14. The van der Waals surface area contributed by atoms with Crippen LogP contribution in [0.2, 0.25) is 0 Å². The van der Waals surface area contributed by atoms with E-state index in [1.807, 2.05) is 19.2 Å². The number of likely N-dealkylation sites (N-methyl/N-ethyl adjacent to an activating group) is 1. The van der Waals surface area contributed by atoms with Gasteiger partial charge in [0.15, 0.2) is 0 Å². The first-order valence-electron chi connectivity index (χ1n) is 5.30. The molecule has 1 aromatic rings. The minimum absolute atomic E-state index is 0.0875. The number of anilines is 1. The zero-order valence-corrected chi connectivity index (χ0v) is 9.79. The number of carbonyl (C=O) groups is 1. The van der Waals surface area contributed by atoms with E-state index in [2.05, 4.69) is 26.8 Å². The van der Waals surface area contributed by atoms with Crippen molar-refractivity contribution in [3.05, 3.63) is 29.3 Å². The van der Waals surface area contributed by atoms with Crippen LogP contribution in [0.5, 0.6) is 0 Å². The van der Waals surface area contributed by atoms with Gasteiger partial charge >= 0.3 is 0 Å². The lowest BCUT2D eigenvalue weighted by atomic mass is 9.84. The number of carbonyl (C=O) groups excluding carboxylic acids is 1. The molecule has 1 aliphatic rings. The molecule has 15 heavy (non-hydrogen) atoms. The van der Waals surface area contributed by atoms with Crippen molar-refractivity contribution in [2.24, 2.45) is 0 Å². The van der Waals surface area contributed by atoms with Crippen molar-refractivity contribution >= 4 is 11.6 Å². The highest BCUT2D eigenvalue weighted by Crippen LogP contribution is 2.37. The van der Waals surface area contributed by atoms with Crippen LogP contribution in [0.1, 0.15) is 31.9 Å². The maximum Gasteiger partial charge on any atom is 0.231 e. The molecule has 0 bridgehead atoms. The Bertz CT molecular complexity index is 415. The van der Waals surface area contributed by atoms with Gasteiger partial charge in [-0.15, -0.1) is 0 Å². The van der Waals surface area contributed by atoms with Crippen molar-refractivity contribution < 1.29 is 4.79 Å². The average Bonchev–Trinajstić information content (AvgIpc) is 2.41. The molecule has 0 unspecified atom stereocenters. The van der Waals surface area contributed by atoms with E-state index in [1.165, 1.54) is 5.56 Å². The molecule has 0 saturated heterocycles. The quantitative estimate of drug-likeness (QED) is 0.634. The molecule has 0 aliphatic carbocycles. The summed E-state index contributed by atoms with van der Waals surface area (Å²) in [7, 11) is 1.86. The van der Waals surface area contributed by atoms with E-state index in [0.717, 1.165) is 11.3 Å². The van der Waals surface area contributed by atoms with Crippen LogP contribution in [0.25, 0.3) is 0 Å². The van der Waals surface area contributed by atoms with Crippen molar-refractivity contribution in [1.82, 2.24) is 0 Å². The molecule has 1 amide bonds. The zero-order chi connectivity index (χ0) is 11.2. The Balaban J connectivity index is 2.62. The summed E-state index contributed by atoms with van der Waals surface area (Å²) in [5.74, 6) is 0.196. The van der Waals surface area contributed by atoms with Crippen molar-refractivity contribution in [2.75, 3.05) is 11.9 Å². The number of fused-ring (bicyclic) bond motifs is 1. The minimum Gasteiger partial charge on any atom is -0.315 e. The van der Waals surface area contributed by atoms with Crippen LogP contribution in [0.3, 0.4) is 0 Å². The Morgan fingerprint density at radius 3 is 2.53 bits per heavy atom. The monoisotopic (exact) mass is 203 g/mol. The summed E-state index contributed by atoms with van der Waals surface area (Å²) in [6.07, 6.45) is 0.551. The predicted molar refractivity (Wildman–Crippen MR) is 62.3 cm³/mol. The van der Waals surface area contributed by atoms with Gasteiger partial charge in [0.1, 0.15) is 0 Å². The standard InChI is InChI=1S/C13H17NO/c1-13(2,3)10-7-5-6-9-8-11(15)14(4)12(9)10/h5-7H,8H2,1-4H3. The fraction of sp³-hybridized carbons (Fsp3) is 0.462. The molecule has 2 rings (SSSR count). The van der Waals surface area contributed by atoms with Gasteiger partial charge in [-0.05, 0) is 16.5 Å². The van der Waals surface area contributed by atoms with Crippen molar-refractivity contribution in [1.29, 1.82) is 0 Å². The smallest absolute Gasteiger partial charge is 0.231 e. The molecular weight excluding hydrogens is 186 g/mol. The van der Waals surface area contributed by atoms with Crippen LogP contribution in [0.15, 0.2) is 18.2 Å². The Labute approximate surface area is 90.9 Å². The van der Waals surface area contributed by atoms with E-state index in [1.54, 1.807) is 4.90 Å².